The molecule has 5 fully saturated rings. The van der Waals surface area contributed by atoms with Crippen molar-refractivity contribution in [2.75, 3.05) is 13.2 Å². The first-order valence-electron chi connectivity index (χ1n) is 15.2. The third-order valence-corrected chi connectivity index (χ3v) is 9.91. The highest BCUT2D eigenvalue weighted by atomic mass is 17.3. The molecule has 4 aliphatic heterocycles. The molecule has 8 rings (SSSR count). The SMILES string of the molecule is C[C@H]1[C@@H](OCCOc2ccc(C(=O)/C=C/c3c[nH]c4ccccc34)cc2)O[C@@H]2O[C@@]3(C)CC[C@H]4[C@H](C)CC[C@@H]1[C@@]24OO3. The third kappa shape index (κ3) is 4.79. The van der Waals surface area contributed by atoms with Crippen molar-refractivity contribution in [2.24, 2.45) is 23.7 Å². The van der Waals surface area contributed by atoms with Gasteiger partial charge < -0.3 is 23.9 Å². The molecule has 8 atom stereocenters. The number of carbonyl (C=O) groups excluding carboxylic acids is 1. The van der Waals surface area contributed by atoms with E-state index < -0.39 is 24.0 Å². The number of ether oxygens (including phenoxy) is 4. The number of aromatic nitrogens is 1. The van der Waals surface area contributed by atoms with Crippen LogP contribution in [0, 0.1) is 23.7 Å². The molecule has 5 heterocycles. The number of nitrogens with one attached hydrogen (secondary N) is 1. The molecule has 3 aromatic rings. The van der Waals surface area contributed by atoms with Crippen molar-refractivity contribution in [2.45, 2.75) is 70.4 Å². The van der Waals surface area contributed by atoms with E-state index in [1.165, 1.54) is 0 Å². The van der Waals surface area contributed by atoms with Gasteiger partial charge in [0.1, 0.15) is 12.4 Å². The molecule has 1 aromatic heterocycles. The monoisotopic (exact) mass is 573 g/mol. The lowest BCUT2D eigenvalue weighted by Gasteiger charge is -2.60. The van der Waals surface area contributed by atoms with Gasteiger partial charge in [0.25, 0.3) is 0 Å². The zero-order valence-corrected chi connectivity index (χ0v) is 24.4. The van der Waals surface area contributed by atoms with E-state index in [1.54, 1.807) is 18.2 Å². The van der Waals surface area contributed by atoms with Crippen LogP contribution in [-0.2, 0) is 24.0 Å². The average molecular weight is 574 g/mol. The molecule has 4 saturated heterocycles. The number of allylic oxidation sites excluding steroid dienone is 1. The van der Waals surface area contributed by atoms with Crippen LogP contribution in [0.1, 0.15) is 62.4 Å². The molecule has 1 spiro atoms. The van der Waals surface area contributed by atoms with E-state index in [-0.39, 0.29) is 17.6 Å². The average Bonchev–Trinajstić information content (AvgIpc) is 3.28. The van der Waals surface area contributed by atoms with Gasteiger partial charge in [-0.25, -0.2) is 9.78 Å². The van der Waals surface area contributed by atoms with Gasteiger partial charge in [-0.05, 0) is 86.1 Å². The largest absolute Gasteiger partial charge is 0.491 e. The Hall–Kier alpha value is -3.01. The van der Waals surface area contributed by atoms with Gasteiger partial charge in [0.15, 0.2) is 24.0 Å². The van der Waals surface area contributed by atoms with Crippen LogP contribution in [0.3, 0.4) is 0 Å². The third-order valence-electron chi connectivity index (χ3n) is 9.91. The van der Waals surface area contributed by atoms with Crippen molar-refractivity contribution in [3.8, 4) is 5.75 Å². The van der Waals surface area contributed by atoms with Gasteiger partial charge in [0.05, 0.1) is 6.61 Å². The lowest BCUT2D eigenvalue weighted by Crippen LogP contribution is -2.70. The standard InChI is InChI=1S/C34H39NO7/c1-21-8-14-28-22(2)31(39-32-34(28)27(21)16-17-33(3,40-32)41-42-34)38-19-18-37-25-12-9-23(10-13-25)30(36)15-11-24-20-35-29-7-5-4-6-26(24)29/h4-7,9-13,15,20-22,27-28,31-32,35H,8,14,16-19H2,1-3H3/b15-11+/t21-,22-,27+,28+,31+,32-,33-,34-/m1/s1. The van der Waals surface area contributed by atoms with Crippen molar-refractivity contribution < 1.29 is 33.5 Å². The van der Waals surface area contributed by atoms with Crippen molar-refractivity contribution in [1.82, 2.24) is 4.98 Å². The second-order valence-corrected chi connectivity index (χ2v) is 12.5. The summed E-state index contributed by atoms with van der Waals surface area (Å²) in [6, 6.07) is 15.2. The number of para-hydroxylation sites is 1. The fourth-order valence-electron chi connectivity index (χ4n) is 7.60. The first-order valence-corrected chi connectivity index (χ1v) is 15.2. The van der Waals surface area contributed by atoms with Gasteiger partial charge in [0, 0.05) is 40.9 Å². The zero-order valence-electron chi connectivity index (χ0n) is 24.4. The molecule has 0 radical (unpaired) electrons. The van der Waals surface area contributed by atoms with Gasteiger partial charge in [-0.15, -0.1) is 0 Å². The molecule has 1 aliphatic carbocycles. The van der Waals surface area contributed by atoms with Gasteiger partial charge in [-0.1, -0.05) is 32.0 Å². The maximum atomic E-state index is 12.7. The number of ketones is 1. The number of fused-ring (bicyclic) bond motifs is 3. The van der Waals surface area contributed by atoms with E-state index in [9.17, 15) is 4.79 Å². The summed E-state index contributed by atoms with van der Waals surface area (Å²) in [4.78, 5) is 28.1. The van der Waals surface area contributed by atoms with Crippen LogP contribution < -0.4 is 4.74 Å². The normalized spacial score (nSPS) is 35.7. The minimum absolute atomic E-state index is 0.0617. The summed E-state index contributed by atoms with van der Waals surface area (Å²) in [5, 5.41) is 1.09. The van der Waals surface area contributed by atoms with Gasteiger partial charge in [0.2, 0.25) is 5.79 Å². The molecular formula is C34H39NO7. The highest BCUT2D eigenvalue weighted by molar-refractivity contribution is 6.07. The molecule has 8 heteroatoms. The molecule has 42 heavy (non-hydrogen) atoms. The number of benzene rings is 2. The minimum Gasteiger partial charge on any atom is -0.491 e. The second-order valence-electron chi connectivity index (χ2n) is 12.5. The van der Waals surface area contributed by atoms with Crippen molar-refractivity contribution in [1.29, 1.82) is 0 Å². The predicted octanol–water partition coefficient (Wildman–Crippen LogP) is 6.67. The summed E-state index contributed by atoms with van der Waals surface area (Å²) in [5.41, 5.74) is 2.04. The molecular weight excluding hydrogens is 534 g/mol. The molecule has 8 nitrogen and oxygen atoms in total. The van der Waals surface area contributed by atoms with Gasteiger partial charge >= 0.3 is 0 Å². The van der Waals surface area contributed by atoms with Crippen LogP contribution in [-0.4, -0.2) is 47.9 Å². The van der Waals surface area contributed by atoms with E-state index >= 15 is 0 Å². The topological polar surface area (TPSA) is 88.2 Å². The van der Waals surface area contributed by atoms with Crippen LogP contribution in [0.5, 0.6) is 5.75 Å². The molecule has 1 saturated carbocycles. The number of H-pyrrole nitrogens is 1. The van der Waals surface area contributed by atoms with Crippen LogP contribution >= 0.6 is 0 Å². The fourth-order valence-corrected chi connectivity index (χ4v) is 7.60. The first kappa shape index (κ1) is 27.8. The lowest BCUT2D eigenvalue weighted by molar-refractivity contribution is -0.577. The van der Waals surface area contributed by atoms with Crippen LogP contribution in [0.25, 0.3) is 17.0 Å². The molecule has 2 bridgehead atoms. The Balaban J connectivity index is 0.937. The van der Waals surface area contributed by atoms with Crippen molar-refractivity contribution in [3.63, 3.8) is 0 Å². The maximum Gasteiger partial charge on any atom is 0.201 e. The molecule has 222 valence electrons. The second kappa shape index (κ2) is 10.9. The van der Waals surface area contributed by atoms with Gasteiger partial charge in [-0.2, -0.15) is 0 Å². The van der Waals surface area contributed by atoms with Crippen LogP contribution in [0.2, 0.25) is 0 Å². The summed E-state index contributed by atoms with van der Waals surface area (Å²) >= 11 is 0. The Bertz CT molecular complexity index is 1470. The van der Waals surface area contributed by atoms with Crippen LogP contribution in [0.4, 0.5) is 0 Å². The fraction of sp³-hybridized carbons (Fsp3) is 0.500. The quantitative estimate of drug-likeness (QED) is 0.139. The van der Waals surface area contributed by atoms with E-state index in [2.05, 4.69) is 18.8 Å². The smallest absolute Gasteiger partial charge is 0.201 e. The number of aromatic amines is 1. The summed E-state index contributed by atoms with van der Waals surface area (Å²) in [7, 11) is 0. The number of carbonyl (C=O) groups is 1. The highest BCUT2D eigenvalue weighted by Gasteiger charge is 2.69. The van der Waals surface area contributed by atoms with E-state index in [1.807, 2.05) is 55.6 Å². The van der Waals surface area contributed by atoms with Crippen LogP contribution in [0.15, 0.2) is 60.8 Å². The Labute approximate surface area is 246 Å². The number of rotatable bonds is 8. The lowest BCUT2D eigenvalue weighted by atomic mass is 9.58. The molecule has 0 amide bonds. The van der Waals surface area contributed by atoms with Crippen molar-refractivity contribution >= 4 is 22.8 Å². The summed E-state index contributed by atoms with van der Waals surface area (Å²) in [5.74, 6) is 1.01. The first-order chi connectivity index (χ1) is 20.4. The Morgan fingerprint density at radius 2 is 1.86 bits per heavy atom. The predicted molar refractivity (Wildman–Crippen MR) is 156 cm³/mol. The summed E-state index contributed by atoms with van der Waals surface area (Å²) in [6.45, 7) is 7.15. The zero-order chi connectivity index (χ0) is 28.9. The van der Waals surface area contributed by atoms with E-state index in [0.29, 0.717) is 36.4 Å². The summed E-state index contributed by atoms with van der Waals surface area (Å²) < 4.78 is 25.0. The van der Waals surface area contributed by atoms with Gasteiger partial charge in [-0.3, -0.25) is 4.79 Å². The minimum atomic E-state index is -0.800. The van der Waals surface area contributed by atoms with E-state index in [4.69, 9.17) is 28.7 Å². The Morgan fingerprint density at radius 3 is 2.71 bits per heavy atom. The Morgan fingerprint density at radius 1 is 1.02 bits per heavy atom. The number of hydrogen-bond donors (Lipinski definition) is 1. The molecule has 1 N–H and O–H groups in total. The molecule has 0 unspecified atom stereocenters. The summed E-state index contributed by atoms with van der Waals surface area (Å²) in [6.07, 6.45) is 8.39. The Kier molecular flexibility index (Phi) is 7.23. The van der Waals surface area contributed by atoms with Crippen molar-refractivity contribution in [3.05, 3.63) is 71.9 Å². The van der Waals surface area contributed by atoms with E-state index in [0.717, 1.165) is 42.1 Å². The molecule has 2 aromatic carbocycles. The maximum absolute atomic E-state index is 12.7. The number of hydrogen-bond acceptors (Lipinski definition) is 7. The highest BCUT2D eigenvalue weighted by Crippen LogP contribution is 2.60. The molecule has 5 aliphatic rings.